The summed E-state index contributed by atoms with van der Waals surface area (Å²) >= 11 is 0. The van der Waals surface area contributed by atoms with Gasteiger partial charge in [-0.05, 0) is 44.2 Å². The first kappa shape index (κ1) is 26.1. The number of hydrogen-bond donors (Lipinski definition) is 5. The van der Waals surface area contributed by atoms with Crippen LogP contribution in [0.2, 0.25) is 0 Å². The fourth-order valence-electron chi connectivity index (χ4n) is 4.53. The van der Waals surface area contributed by atoms with Crippen molar-refractivity contribution in [3.63, 3.8) is 0 Å². The van der Waals surface area contributed by atoms with E-state index in [0.717, 1.165) is 12.0 Å². The zero-order valence-electron chi connectivity index (χ0n) is 19.4. The number of nitrogens with one attached hydrogen (secondary N) is 3. The first-order chi connectivity index (χ1) is 16.8. The summed E-state index contributed by atoms with van der Waals surface area (Å²) in [5, 5.41) is 27.0. The van der Waals surface area contributed by atoms with Gasteiger partial charge in [-0.3, -0.25) is 19.2 Å². The van der Waals surface area contributed by atoms with Crippen molar-refractivity contribution < 1.29 is 34.2 Å². The second-order valence-electron chi connectivity index (χ2n) is 8.92. The SMILES string of the molecule is O=C(O)CCC(NC(=O)C1CCCN1)C(=O)N1CCCC1C(=O)NC(Cc1ccccc1)C(=O)O. The van der Waals surface area contributed by atoms with Crippen LogP contribution in [0, 0.1) is 0 Å². The molecule has 4 unspecified atom stereocenters. The number of carboxylic acids is 2. The first-order valence-electron chi connectivity index (χ1n) is 11.9. The highest BCUT2D eigenvalue weighted by atomic mass is 16.4. The third-order valence-corrected chi connectivity index (χ3v) is 6.37. The zero-order valence-corrected chi connectivity index (χ0v) is 19.4. The van der Waals surface area contributed by atoms with Crippen molar-refractivity contribution in [2.24, 2.45) is 0 Å². The maximum Gasteiger partial charge on any atom is 0.326 e. The number of benzene rings is 1. The van der Waals surface area contributed by atoms with Crippen LogP contribution in [0.4, 0.5) is 0 Å². The number of rotatable bonds is 11. The van der Waals surface area contributed by atoms with Crippen molar-refractivity contribution in [1.29, 1.82) is 0 Å². The minimum absolute atomic E-state index is 0.0915. The standard InChI is InChI=1S/C24H32N4O7/c29-20(30)11-10-17(26-21(31)16-8-4-12-25-16)23(33)28-13-5-9-19(28)22(32)27-18(24(34)35)14-15-6-2-1-3-7-15/h1-3,6-7,16-19,25H,4-5,8-14H2,(H,26,31)(H,27,32)(H,29,30)(H,34,35). The van der Waals surface area contributed by atoms with Crippen LogP contribution in [-0.4, -0.2) is 82.0 Å². The maximum absolute atomic E-state index is 13.3. The molecule has 0 saturated carbocycles. The van der Waals surface area contributed by atoms with Gasteiger partial charge in [0, 0.05) is 19.4 Å². The molecular formula is C24H32N4O7. The van der Waals surface area contributed by atoms with Crippen LogP contribution in [0.25, 0.3) is 0 Å². The molecule has 11 heteroatoms. The van der Waals surface area contributed by atoms with E-state index in [4.69, 9.17) is 5.11 Å². The van der Waals surface area contributed by atoms with Crippen LogP contribution in [-0.2, 0) is 30.4 Å². The minimum atomic E-state index is -1.19. The Kier molecular flexibility index (Phi) is 9.18. The summed E-state index contributed by atoms with van der Waals surface area (Å²) in [4.78, 5) is 63.2. The highest BCUT2D eigenvalue weighted by Crippen LogP contribution is 2.20. The van der Waals surface area contributed by atoms with Crippen molar-refractivity contribution in [3.8, 4) is 0 Å². The molecule has 1 aromatic carbocycles. The molecule has 2 saturated heterocycles. The average Bonchev–Trinajstić information content (AvgIpc) is 3.54. The van der Waals surface area contributed by atoms with Gasteiger partial charge >= 0.3 is 11.9 Å². The van der Waals surface area contributed by atoms with Gasteiger partial charge in [0.05, 0.1) is 6.04 Å². The molecule has 2 fully saturated rings. The zero-order chi connectivity index (χ0) is 25.4. The Morgan fingerprint density at radius 1 is 0.971 bits per heavy atom. The highest BCUT2D eigenvalue weighted by molar-refractivity contribution is 5.94. The normalized spacial score (nSPS) is 21.2. The Labute approximate surface area is 203 Å². The Hall–Kier alpha value is -3.47. The summed E-state index contributed by atoms with van der Waals surface area (Å²) in [6.45, 7) is 0.947. The molecule has 2 aliphatic heterocycles. The molecule has 190 valence electrons. The molecule has 0 spiro atoms. The van der Waals surface area contributed by atoms with Gasteiger partial charge in [-0.1, -0.05) is 30.3 Å². The second-order valence-corrected chi connectivity index (χ2v) is 8.92. The van der Waals surface area contributed by atoms with E-state index < -0.39 is 47.9 Å². The summed E-state index contributed by atoms with van der Waals surface area (Å²) in [6, 6.07) is 5.30. The molecule has 2 heterocycles. The van der Waals surface area contributed by atoms with E-state index in [0.29, 0.717) is 25.8 Å². The number of carbonyl (C=O) groups is 5. The Balaban J connectivity index is 1.68. The lowest BCUT2D eigenvalue weighted by molar-refractivity contribution is -0.145. The lowest BCUT2D eigenvalue weighted by atomic mass is 10.0. The molecule has 3 amide bonds. The van der Waals surface area contributed by atoms with Gasteiger partial charge in [-0.2, -0.15) is 0 Å². The summed E-state index contributed by atoms with van der Waals surface area (Å²) in [7, 11) is 0. The monoisotopic (exact) mass is 488 g/mol. The van der Waals surface area contributed by atoms with Crippen molar-refractivity contribution in [2.75, 3.05) is 13.1 Å². The lowest BCUT2D eigenvalue weighted by Crippen LogP contribution is -2.57. The van der Waals surface area contributed by atoms with Gasteiger partial charge in [0.2, 0.25) is 17.7 Å². The first-order valence-corrected chi connectivity index (χ1v) is 11.9. The number of hydrogen-bond acceptors (Lipinski definition) is 6. The fourth-order valence-corrected chi connectivity index (χ4v) is 4.53. The fraction of sp³-hybridized carbons (Fsp3) is 0.542. The van der Waals surface area contributed by atoms with Crippen molar-refractivity contribution >= 4 is 29.7 Å². The second kappa shape index (κ2) is 12.3. The number of likely N-dealkylation sites (tertiary alicyclic amines) is 1. The number of nitrogens with zero attached hydrogens (tertiary/aromatic N) is 1. The topological polar surface area (TPSA) is 165 Å². The van der Waals surface area contributed by atoms with Gasteiger partial charge in [-0.25, -0.2) is 4.79 Å². The Morgan fingerprint density at radius 2 is 1.69 bits per heavy atom. The molecule has 0 aromatic heterocycles. The molecule has 3 rings (SSSR count). The van der Waals surface area contributed by atoms with Crippen LogP contribution in [0.3, 0.4) is 0 Å². The summed E-state index contributed by atoms with van der Waals surface area (Å²) < 4.78 is 0. The molecule has 0 aliphatic carbocycles. The van der Waals surface area contributed by atoms with E-state index in [1.807, 2.05) is 6.07 Å². The molecule has 5 N–H and O–H groups in total. The molecule has 1 aromatic rings. The van der Waals surface area contributed by atoms with E-state index in [1.54, 1.807) is 24.3 Å². The van der Waals surface area contributed by atoms with Gasteiger partial charge < -0.3 is 31.1 Å². The molecule has 2 aliphatic rings. The number of amides is 3. The molecular weight excluding hydrogens is 456 g/mol. The smallest absolute Gasteiger partial charge is 0.326 e. The molecule has 4 atom stereocenters. The van der Waals surface area contributed by atoms with Crippen molar-refractivity contribution in [2.45, 2.75) is 69.1 Å². The largest absolute Gasteiger partial charge is 0.481 e. The predicted octanol–water partition coefficient (Wildman–Crippen LogP) is -0.109. The summed E-state index contributed by atoms with van der Waals surface area (Å²) in [5.41, 5.74) is 0.747. The Morgan fingerprint density at radius 3 is 2.31 bits per heavy atom. The summed E-state index contributed by atoms with van der Waals surface area (Å²) in [5.74, 6) is -3.78. The lowest BCUT2D eigenvalue weighted by Gasteiger charge is -2.30. The third kappa shape index (κ3) is 7.25. The van der Waals surface area contributed by atoms with Gasteiger partial charge in [0.15, 0.2) is 0 Å². The van der Waals surface area contributed by atoms with Gasteiger partial charge in [-0.15, -0.1) is 0 Å². The number of carbonyl (C=O) groups excluding carboxylic acids is 3. The number of aliphatic carboxylic acids is 2. The van der Waals surface area contributed by atoms with E-state index >= 15 is 0 Å². The van der Waals surface area contributed by atoms with Crippen LogP contribution in [0.5, 0.6) is 0 Å². The van der Waals surface area contributed by atoms with Crippen molar-refractivity contribution in [1.82, 2.24) is 20.9 Å². The van der Waals surface area contributed by atoms with Gasteiger partial charge in [0.1, 0.15) is 18.1 Å². The quantitative estimate of drug-likeness (QED) is 0.288. The van der Waals surface area contributed by atoms with Gasteiger partial charge in [0.25, 0.3) is 0 Å². The van der Waals surface area contributed by atoms with E-state index in [2.05, 4.69) is 16.0 Å². The van der Waals surface area contributed by atoms with Crippen LogP contribution in [0.1, 0.15) is 44.1 Å². The summed E-state index contributed by atoms with van der Waals surface area (Å²) in [6.07, 6.45) is 1.99. The van der Waals surface area contributed by atoms with Crippen LogP contribution >= 0.6 is 0 Å². The molecule has 0 radical (unpaired) electrons. The predicted molar refractivity (Wildman–Crippen MR) is 124 cm³/mol. The highest BCUT2D eigenvalue weighted by Gasteiger charge is 2.39. The molecule has 0 bridgehead atoms. The Bertz CT molecular complexity index is 933. The van der Waals surface area contributed by atoms with E-state index in [9.17, 15) is 29.1 Å². The third-order valence-electron chi connectivity index (χ3n) is 6.37. The van der Waals surface area contributed by atoms with Crippen LogP contribution < -0.4 is 16.0 Å². The minimum Gasteiger partial charge on any atom is -0.481 e. The number of carboxylic acid groups (broad SMARTS) is 2. The van der Waals surface area contributed by atoms with E-state index in [1.165, 1.54) is 4.90 Å². The maximum atomic E-state index is 13.3. The molecule has 35 heavy (non-hydrogen) atoms. The van der Waals surface area contributed by atoms with Crippen molar-refractivity contribution in [3.05, 3.63) is 35.9 Å². The van der Waals surface area contributed by atoms with E-state index in [-0.39, 0.29) is 31.7 Å². The molecule has 11 nitrogen and oxygen atoms in total. The average molecular weight is 489 g/mol. The van der Waals surface area contributed by atoms with Crippen LogP contribution in [0.15, 0.2) is 30.3 Å².